The molecule has 0 saturated heterocycles. The zero-order valence-electron chi connectivity index (χ0n) is 10.1. The van der Waals surface area contributed by atoms with Crippen LogP contribution in [0.25, 0.3) is 0 Å². The fraction of sp³-hybridized carbons (Fsp3) is 0.333. The van der Waals surface area contributed by atoms with Crippen LogP contribution in [-0.2, 0) is 12.2 Å². The largest absolute Gasteiger partial charge is 0.497 e. The second kappa shape index (κ2) is 6.30. The smallest absolute Gasteiger partial charge is 0.340 e. The predicted molar refractivity (Wildman–Crippen MR) is 72.1 cm³/mol. The van der Waals surface area contributed by atoms with Gasteiger partial charge < -0.3 is 4.74 Å². The Morgan fingerprint density at radius 3 is 2.72 bits per heavy atom. The molecule has 0 unspecified atom stereocenters. The number of rotatable bonds is 6. The van der Waals surface area contributed by atoms with Gasteiger partial charge in [-0.05, 0) is 17.7 Å². The van der Waals surface area contributed by atoms with E-state index in [1.807, 2.05) is 23.9 Å². The molecular formula is C12H15N3O2S. The van der Waals surface area contributed by atoms with E-state index in [9.17, 15) is 4.79 Å². The van der Waals surface area contributed by atoms with E-state index in [2.05, 4.69) is 27.3 Å². The minimum Gasteiger partial charge on any atom is -0.497 e. The molecule has 0 fully saturated rings. The second-order valence-electron chi connectivity index (χ2n) is 3.78. The monoisotopic (exact) mass is 265 g/mol. The SMILES string of the molecule is COc1ccc(CSCCc2n[nH]c(=O)[nH]2)cc1. The van der Waals surface area contributed by atoms with Gasteiger partial charge in [-0.3, -0.25) is 4.98 Å². The minimum atomic E-state index is -0.245. The summed E-state index contributed by atoms with van der Waals surface area (Å²) in [4.78, 5) is 13.5. The first-order valence-corrected chi connectivity index (χ1v) is 6.77. The van der Waals surface area contributed by atoms with Crippen LogP contribution >= 0.6 is 11.8 Å². The van der Waals surface area contributed by atoms with Gasteiger partial charge in [0.05, 0.1) is 7.11 Å². The Bertz CT molecular complexity index is 533. The average Bonchev–Trinajstić information content (AvgIpc) is 2.81. The number of hydrogen-bond acceptors (Lipinski definition) is 4. The highest BCUT2D eigenvalue weighted by Crippen LogP contribution is 2.16. The standard InChI is InChI=1S/C12H15N3O2S/c1-17-10-4-2-9(3-5-10)8-18-7-6-11-13-12(16)15-14-11/h2-5H,6-8H2,1H3,(H2,13,14,15,16). The molecule has 96 valence electrons. The van der Waals surface area contributed by atoms with Gasteiger partial charge in [-0.2, -0.15) is 16.9 Å². The summed E-state index contributed by atoms with van der Waals surface area (Å²) < 4.78 is 5.10. The zero-order chi connectivity index (χ0) is 12.8. The third-order valence-corrected chi connectivity index (χ3v) is 3.49. The van der Waals surface area contributed by atoms with Gasteiger partial charge in [-0.1, -0.05) is 12.1 Å². The van der Waals surface area contributed by atoms with Crippen molar-refractivity contribution < 1.29 is 4.74 Å². The number of hydrogen-bond donors (Lipinski definition) is 2. The van der Waals surface area contributed by atoms with E-state index >= 15 is 0 Å². The zero-order valence-corrected chi connectivity index (χ0v) is 10.9. The van der Waals surface area contributed by atoms with E-state index in [0.29, 0.717) is 5.82 Å². The highest BCUT2D eigenvalue weighted by atomic mass is 32.2. The highest BCUT2D eigenvalue weighted by Gasteiger charge is 1.99. The van der Waals surface area contributed by atoms with Crippen LogP contribution in [0, 0.1) is 0 Å². The molecule has 5 nitrogen and oxygen atoms in total. The first kappa shape index (κ1) is 12.8. The lowest BCUT2D eigenvalue weighted by Gasteiger charge is -2.03. The Morgan fingerprint density at radius 2 is 2.11 bits per heavy atom. The molecule has 1 aromatic heterocycles. The van der Waals surface area contributed by atoms with Crippen LogP contribution in [0.5, 0.6) is 5.75 Å². The predicted octanol–water partition coefficient (Wildman–Crippen LogP) is 1.58. The number of benzene rings is 1. The molecule has 2 rings (SSSR count). The summed E-state index contributed by atoms with van der Waals surface area (Å²) in [5, 5.41) is 6.22. The van der Waals surface area contributed by atoms with Crippen LogP contribution in [0.15, 0.2) is 29.1 Å². The van der Waals surface area contributed by atoms with Crippen molar-refractivity contribution in [1.29, 1.82) is 0 Å². The molecule has 18 heavy (non-hydrogen) atoms. The van der Waals surface area contributed by atoms with Crippen LogP contribution in [0.2, 0.25) is 0 Å². The van der Waals surface area contributed by atoms with Crippen molar-refractivity contribution in [3.8, 4) is 5.75 Å². The second-order valence-corrected chi connectivity index (χ2v) is 4.88. The summed E-state index contributed by atoms with van der Waals surface area (Å²) in [6.45, 7) is 0. The fourth-order valence-electron chi connectivity index (χ4n) is 1.50. The number of nitrogens with one attached hydrogen (secondary N) is 2. The number of methoxy groups -OCH3 is 1. The first-order valence-electron chi connectivity index (χ1n) is 5.62. The Hall–Kier alpha value is -1.69. The third kappa shape index (κ3) is 3.66. The lowest BCUT2D eigenvalue weighted by molar-refractivity contribution is 0.414. The molecular weight excluding hydrogens is 250 g/mol. The molecule has 6 heteroatoms. The number of aryl methyl sites for hydroxylation is 1. The maximum Gasteiger partial charge on any atom is 0.340 e. The number of H-pyrrole nitrogens is 2. The molecule has 0 amide bonds. The number of thioether (sulfide) groups is 1. The Morgan fingerprint density at radius 1 is 1.33 bits per heavy atom. The van der Waals surface area contributed by atoms with Gasteiger partial charge in [0.2, 0.25) is 0 Å². The lowest BCUT2D eigenvalue weighted by Crippen LogP contribution is -2.01. The van der Waals surface area contributed by atoms with Crippen molar-refractivity contribution >= 4 is 11.8 Å². The fourth-order valence-corrected chi connectivity index (χ4v) is 2.41. The first-order chi connectivity index (χ1) is 8.78. The maximum absolute atomic E-state index is 10.8. The van der Waals surface area contributed by atoms with Crippen molar-refractivity contribution in [3.05, 3.63) is 46.1 Å². The molecule has 1 aromatic carbocycles. The Kier molecular flexibility index (Phi) is 4.46. The van der Waals surface area contributed by atoms with Gasteiger partial charge in [0, 0.05) is 17.9 Å². The molecule has 0 spiro atoms. The molecule has 0 saturated carbocycles. The van der Waals surface area contributed by atoms with E-state index in [4.69, 9.17) is 4.74 Å². The molecule has 0 bridgehead atoms. The van der Waals surface area contributed by atoms with Crippen molar-refractivity contribution in [1.82, 2.24) is 15.2 Å². The topological polar surface area (TPSA) is 70.8 Å². The number of aromatic nitrogens is 3. The van der Waals surface area contributed by atoms with E-state index in [0.717, 1.165) is 23.7 Å². The van der Waals surface area contributed by atoms with Gasteiger partial charge in [0.15, 0.2) is 0 Å². The Labute approximate surface area is 109 Å². The van der Waals surface area contributed by atoms with Crippen molar-refractivity contribution in [2.24, 2.45) is 0 Å². The molecule has 0 aliphatic heterocycles. The van der Waals surface area contributed by atoms with E-state index in [1.165, 1.54) is 5.56 Å². The quantitative estimate of drug-likeness (QED) is 0.778. The summed E-state index contributed by atoms with van der Waals surface area (Å²) in [5.41, 5.74) is 1.02. The van der Waals surface area contributed by atoms with Gasteiger partial charge in [0.1, 0.15) is 11.6 Å². The molecule has 2 N–H and O–H groups in total. The third-order valence-electron chi connectivity index (χ3n) is 2.46. The van der Waals surface area contributed by atoms with Crippen molar-refractivity contribution in [3.63, 3.8) is 0 Å². The molecule has 0 aliphatic rings. The van der Waals surface area contributed by atoms with Crippen LogP contribution in [-0.4, -0.2) is 28.0 Å². The Balaban J connectivity index is 1.73. The minimum absolute atomic E-state index is 0.245. The highest BCUT2D eigenvalue weighted by molar-refractivity contribution is 7.98. The average molecular weight is 265 g/mol. The van der Waals surface area contributed by atoms with Gasteiger partial charge in [-0.15, -0.1) is 0 Å². The molecule has 1 heterocycles. The van der Waals surface area contributed by atoms with Crippen LogP contribution in [0.3, 0.4) is 0 Å². The van der Waals surface area contributed by atoms with Crippen LogP contribution < -0.4 is 10.4 Å². The molecule has 0 aliphatic carbocycles. The summed E-state index contributed by atoms with van der Waals surface area (Å²) in [6, 6.07) is 8.03. The summed E-state index contributed by atoms with van der Waals surface area (Å²) in [7, 11) is 1.66. The maximum atomic E-state index is 10.8. The molecule has 2 aromatic rings. The van der Waals surface area contributed by atoms with Crippen LogP contribution in [0.1, 0.15) is 11.4 Å². The van der Waals surface area contributed by atoms with Crippen molar-refractivity contribution in [2.75, 3.05) is 12.9 Å². The summed E-state index contributed by atoms with van der Waals surface area (Å²) in [5.74, 6) is 3.45. The van der Waals surface area contributed by atoms with Gasteiger partial charge in [0.25, 0.3) is 0 Å². The van der Waals surface area contributed by atoms with E-state index in [1.54, 1.807) is 7.11 Å². The number of aromatic amines is 2. The van der Waals surface area contributed by atoms with Gasteiger partial charge >= 0.3 is 5.69 Å². The summed E-state index contributed by atoms with van der Waals surface area (Å²) >= 11 is 1.81. The van der Waals surface area contributed by atoms with E-state index < -0.39 is 0 Å². The molecule has 0 radical (unpaired) electrons. The summed E-state index contributed by atoms with van der Waals surface area (Å²) in [6.07, 6.45) is 0.763. The normalized spacial score (nSPS) is 10.5. The van der Waals surface area contributed by atoms with Gasteiger partial charge in [-0.25, -0.2) is 9.89 Å². The van der Waals surface area contributed by atoms with Crippen LogP contribution in [0.4, 0.5) is 0 Å². The van der Waals surface area contributed by atoms with Crippen molar-refractivity contribution in [2.45, 2.75) is 12.2 Å². The lowest BCUT2D eigenvalue weighted by atomic mass is 10.2. The number of nitrogens with zero attached hydrogens (tertiary/aromatic N) is 1. The van der Waals surface area contributed by atoms with E-state index in [-0.39, 0.29) is 5.69 Å². The molecule has 0 atom stereocenters. The number of ether oxygens (including phenoxy) is 1.